The molecule has 0 unspecified atom stereocenters. The number of anilines is 1. The number of hydrogen-bond donors (Lipinski definition) is 2. The van der Waals surface area contributed by atoms with E-state index in [0.29, 0.717) is 30.0 Å². The Bertz CT molecular complexity index is 1080. The fourth-order valence-corrected chi connectivity index (χ4v) is 3.18. The van der Waals surface area contributed by atoms with Crippen molar-refractivity contribution in [3.05, 3.63) is 94.5 Å². The van der Waals surface area contributed by atoms with Gasteiger partial charge in [-0.1, -0.05) is 29.8 Å². The minimum atomic E-state index is -0.183. The molecule has 152 valence electrons. The Labute approximate surface area is 174 Å². The summed E-state index contributed by atoms with van der Waals surface area (Å²) >= 11 is 0. The van der Waals surface area contributed by atoms with Gasteiger partial charge < -0.3 is 20.1 Å². The summed E-state index contributed by atoms with van der Waals surface area (Å²) in [5.41, 5.74) is 4.66. The Morgan fingerprint density at radius 3 is 2.57 bits per heavy atom. The number of carbonyl (C=O) groups is 2. The minimum Gasteiger partial charge on any atom is -0.467 e. The van der Waals surface area contributed by atoms with Gasteiger partial charge in [-0.2, -0.15) is 0 Å². The number of nitrogens with one attached hydrogen (secondary N) is 2. The molecule has 30 heavy (non-hydrogen) atoms. The molecule has 0 atom stereocenters. The van der Waals surface area contributed by atoms with Gasteiger partial charge in [0.15, 0.2) is 6.79 Å². The van der Waals surface area contributed by atoms with E-state index in [1.807, 2.05) is 43.3 Å². The summed E-state index contributed by atoms with van der Waals surface area (Å²) < 4.78 is 10.6. The van der Waals surface area contributed by atoms with E-state index < -0.39 is 0 Å². The highest BCUT2D eigenvalue weighted by molar-refractivity contribution is 6.04. The molecule has 4 rings (SSSR count). The monoisotopic (exact) mass is 402 g/mol. The van der Waals surface area contributed by atoms with Crippen molar-refractivity contribution in [2.45, 2.75) is 20.1 Å². The third kappa shape index (κ3) is 4.67. The van der Waals surface area contributed by atoms with Crippen LogP contribution in [0.1, 0.15) is 37.4 Å². The molecule has 2 N–H and O–H groups in total. The van der Waals surface area contributed by atoms with Gasteiger partial charge in [-0.3, -0.25) is 9.59 Å². The van der Waals surface area contributed by atoms with Crippen molar-refractivity contribution in [3.63, 3.8) is 0 Å². The van der Waals surface area contributed by atoms with Crippen LogP contribution >= 0.6 is 0 Å². The van der Waals surface area contributed by atoms with Crippen molar-refractivity contribution in [2.75, 3.05) is 12.1 Å². The molecule has 3 aromatic rings. The second-order valence-corrected chi connectivity index (χ2v) is 7.14. The van der Waals surface area contributed by atoms with Gasteiger partial charge in [-0.15, -0.1) is 0 Å². The molecule has 0 saturated carbocycles. The molecule has 0 saturated heterocycles. The standard InChI is InChI=1S/C24H22N2O4/c1-16-5-7-18(8-6-16)24(28)26-21-4-2-3-17(11-21)13-25-23(27)19-9-10-22-20(12-19)14-29-15-30-22/h2-12H,13-15H2,1H3,(H,25,27)(H,26,28). The lowest BCUT2D eigenvalue weighted by atomic mass is 10.1. The first kappa shape index (κ1) is 19.7. The molecule has 0 spiro atoms. The van der Waals surface area contributed by atoms with Crippen molar-refractivity contribution >= 4 is 17.5 Å². The first-order chi connectivity index (χ1) is 14.6. The Hall–Kier alpha value is -3.64. The van der Waals surface area contributed by atoms with Crippen LogP contribution in [0.15, 0.2) is 66.7 Å². The Kier molecular flexibility index (Phi) is 5.77. The van der Waals surface area contributed by atoms with E-state index in [4.69, 9.17) is 9.47 Å². The van der Waals surface area contributed by atoms with E-state index in [1.165, 1.54) is 0 Å². The van der Waals surface area contributed by atoms with Gasteiger partial charge in [-0.05, 0) is 55.0 Å². The Morgan fingerprint density at radius 2 is 1.73 bits per heavy atom. The fourth-order valence-electron chi connectivity index (χ4n) is 3.18. The number of fused-ring (bicyclic) bond motifs is 1. The van der Waals surface area contributed by atoms with Crippen LogP contribution < -0.4 is 15.4 Å². The predicted octanol–water partition coefficient (Wildman–Crippen LogP) is 4.04. The van der Waals surface area contributed by atoms with Gasteiger partial charge in [0.05, 0.1) is 6.61 Å². The van der Waals surface area contributed by atoms with Crippen LogP contribution in [-0.4, -0.2) is 18.6 Å². The van der Waals surface area contributed by atoms with Crippen LogP contribution in [0, 0.1) is 6.92 Å². The smallest absolute Gasteiger partial charge is 0.255 e. The molecule has 3 aromatic carbocycles. The maximum atomic E-state index is 12.5. The number of ether oxygens (including phenoxy) is 2. The maximum absolute atomic E-state index is 12.5. The van der Waals surface area contributed by atoms with Gasteiger partial charge in [0.25, 0.3) is 11.8 Å². The lowest BCUT2D eigenvalue weighted by Gasteiger charge is -2.18. The molecule has 0 aromatic heterocycles. The minimum absolute atomic E-state index is 0.172. The number of rotatable bonds is 5. The summed E-state index contributed by atoms with van der Waals surface area (Å²) in [4.78, 5) is 24.9. The van der Waals surface area contributed by atoms with E-state index in [-0.39, 0.29) is 18.6 Å². The molecule has 1 aliphatic rings. The lowest BCUT2D eigenvalue weighted by molar-refractivity contribution is -0.0163. The molecule has 6 nitrogen and oxygen atoms in total. The molecular formula is C24H22N2O4. The molecule has 0 aliphatic carbocycles. The fraction of sp³-hybridized carbons (Fsp3) is 0.167. The normalized spacial score (nSPS) is 12.4. The highest BCUT2D eigenvalue weighted by Crippen LogP contribution is 2.24. The van der Waals surface area contributed by atoms with E-state index in [9.17, 15) is 9.59 Å². The molecular weight excluding hydrogens is 380 g/mol. The van der Waals surface area contributed by atoms with Crippen LogP contribution in [0.2, 0.25) is 0 Å². The quantitative estimate of drug-likeness (QED) is 0.675. The topological polar surface area (TPSA) is 76.7 Å². The van der Waals surface area contributed by atoms with Crippen LogP contribution in [0.25, 0.3) is 0 Å². The number of carbonyl (C=O) groups excluding carboxylic acids is 2. The number of benzene rings is 3. The van der Waals surface area contributed by atoms with Gasteiger partial charge in [0.2, 0.25) is 0 Å². The summed E-state index contributed by atoms with van der Waals surface area (Å²) in [5.74, 6) is 0.391. The third-order valence-electron chi connectivity index (χ3n) is 4.83. The molecule has 2 amide bonds. The van der Waals surface area contributed by atoms with Gasteiger partial charge >= 0.3 is 0 Å². The molecule has 1 aliphatic heterocycles. The summed E-state index contributed by atoms with van der Waals surface area (Å²) in [6, 6.07) is 20.1. The Morgan fingerprint density at radius 1 is 0.933 bits per heavy atom. The van der Waals surface area contributed by atoms with Gasteiger partial charge in [0.1, 0.15) is 5.75 Å². The molecule has 6 heteroatoms. The first-order valence-electron chi connectivity index (χ1n) is 9.67. The predicted molar refractivity (Wildman–Crippen MR) is 113 cm³/mol. The third-order valence-corrected chi connectivity index (χ3v) is 4.83. The molecule has 0 bridgehead atoms. The Balaban J connectivity index is 1.38. The average Bonchev–Trinajstić information content (AvgIpc) is 2.78. The number of amides is 2. The summed E-state index contributed by atoms with van der Waals surface area (Å²) in [6.45, 7) is 2.98. The number of hydrogen-bond acceptors (Lipinski definition) is 4. The molecule has 0 fully saturated rings. The zero-order valence-corrected chi connectivity index (χ0v) is 16.6. The van der Waals surface area contributed by atoms with Gasteiger partial charge in [-0.25, -0.2) is 0 Å². The molecule has 0 radical (unpaired) electrons. The highest BCUT2D eigenvalue weighted by Gasteiger charge is 2.14. The SMILES string of the molecule is Cc1ccc(C(=O)Nc2cccc(CNC(=O)c3ccc4c(c3)COCO4)c2)cc1. The lowest BCUT2D eigenvalue weighted by Crippen LogP contribution is -2.23. The first-order valence-corrected chi connectivity index (χ1v) is 9.67. The van der Waals surface area contributed by atoms with Crippen LogP contribution in [0.5, 0.6) is 5.75 Å². The maximum Gasteiger partial charge on any atom is 0.255 e. The largest absolute Gasteiger partial charge is 0.467 e. The second kappa shape index (κ2) is 8.80. The van der Waals surface area contributed by atoms with Crippen molar-refractivity contribution in [1.82, 2.24) is 5.32 Å². The molecule has 1 heterocycles. The van der Waals surface area contributed by atoms with Crippen molar-refractivity contribution in [1.29, 1.82) is 0 Å². The van der Waals surface area contributed by atoms with Crippen molar-refractivity contribution < 1.29 is 19.1 Å². The summed E-state index contributed by atoms with van der Waals surface area (Å²) in [5, 5.41) is 5.80. The van der Waals surface area contributed by atoms with E-state index >= 15 is 0 Å². The van der Waals surface area contributed by atoms with E-state index in [2.05, 4.69) is 10.6 Å². The van der Waals surface area contributed by atoms with Gasteiger partial charge in [0, 0.05) is 28.9 Å². The second-order valence-electron chi connectivity index (χ2n) is 7.14. The van der Waals surface area contributed by atoms with Crippen LogP contribution in [0.4, 0.5) is 5.69 Å². The van der Waals surface area contributed by atoms with Crippen LogP contribution in [-0.2, 0) is 17.9 Å². The highest BCUT2D eigenvalue weighted by atomic mass is 16.7. The summed E-state index contributed by atoms with van der Waals surface area (Å²) in [6.07, 6.45) is 0. The van der Waals surface area contributed by atoms with Crippen molar-refractivity contribution in [2.24, 2.45) is 0 Å². The van der Waals surface area contributed by atoms with Crippen molar-refractivity contribution in [3.8, 4) is 5.75 Å². The zero-order valence-electron chi connectivity index (χ0n) is 16.6. The van der Waals surface area contributed by atoms with E-state index in [1.54, 1.807) is 30.3 Å². The summed E-state index contributed by atoms with van der Waals surface area (Å²) in [7, 11) is 0. The number of aryl methyl sites for hydroxylation is 1. The average molecular weight is 402 g/mol. The van der Waals surface area contributed by atoms with E-state index in [0.717, 1.165) is 22.4 Å². The van der Waals surface area contributed by atoms with Crippen LogP contribution in [0.3, 0.4) is 0 Å². The zero-order chi connectivity index (χ0) is 20.9.